The zero-order valence-corrected chi connectivity index (χ0v) is 18.8. The summed E-state index contributed by atoms with van der Waals surface area (Å²) < 4.78 is 0. The van der Waals surface area contributed by atoms with Gasteiger partial charge in [0.2, 0.25) is 11.8 Å². The third-order valence-electron chi connectivity index (χ3n) is 6.01. The van der Waals surface area contributed by atoms with E-state index in [0.717, 1.165) is 51.5 Å². The molecule has 6 nitrogen and oxygen atoms in total. The summed E-state index contributed by atoms with van der Waals surface area (Å²) in [6.45, 7) is 4.21. The number of amides is 2. The normalized spacial score (nSPS) is 17.9. The van der Waals surface area contributed by atoms with E-state index in [1.165, 1.54) is 38.5 Å². The molecule has 0 aromatic rings. The fourth-order valence-corrected chi connectivity index (χ4v) is 4.08. The molecule has 1 heterocycles. The van der Waals surface area contributed by atoms with Crippen molar-refractivity contribution in [1.29, 1.82) is 0 Å². The van der Waals surface area contributed by atoms with Gasteiger partial charge in [-0.1, -0.05) is 58.3 Å². The van der Waals surface area contributed by atoms with Crippen LogP contribution in [-0.4, -0.2) is 48.4 Å². The SMILES string of the molecule is CCCCCCCCCCC(=O)N1CCCCC1CNC(=O)C(N)CCCCN. The van der Waals surface area contributed by atoms with Crippen molar-refractivity contribution in [2.24, 2.45) is 11.5 Å². The van der Waals surface area contributed by atoms with E-state index in [1.54, 1.807) is 0 Å². The molecule has 2 unspecified atom stereocenters. The molecular formula is C23H46N4O2. The molecule has 0 spiro atoms. The molecule has 1 fully saturated rings. The van der Waals surface area contributed by atoms with Crippen LogP contribution in [0.2, 0.25) is 0 Å². The summed E-state index contributed by atoms with van der Waals surface area (Å²) in [6.07, 6.45) is 16.1. The molecule has 0 aliphatic carbocycles. The van der Waals surface area contributed by atoms with Gasteiger partial charge in [0.1, 0.15) is 0 Å². The minimum absolute atomic E-state index is 0.108. The van der Waals surface area contributed by atoms with Gasteiger partial charge >= 0.3 is 0 Å². The number of likely N-dealkylation sites (tertiary alicyclic amines) is 1. The van der Waals surface area contributed by atoms with E-state index >= 15 is 0 Å². The lowest BCUT2D eigenvalue weighted by Crippen LogP contribution is -2.51. The number of unbranched alkanes of at least 4 members (excludes halogenated alkanes) is 8. The van der Waals surface area contributed by atoms with E-state index in [4.69, 9.17) is 11.5 Å². The predicted octanol–water partition coefficient (Wildman–Crippen LogP) is 3.47. The van der Waals surface area contributed by atoms with Crippen LogP contribution < -0.4 is 16.8 Å². The third kappa shape index (κ3) is 11.6. The summed E-state index contributed by atoms with van der Waals surface area (Å²) in [4.78, 5) is 26.9. The highest BCUT2D eigenvalue weighted by molar-refractivity contribution is 5.81. The molecule has 1 saturated heterocycles. The maximum atomic E-state index is 12.7. The molecule has 1 rings (SSSR count). The largest absolute Gasteiger partial charge is 0.353 e. The van der Waals surface area contributed by atoms with E-state index in [9.17, 15) is 9.59 Å². The Bertz CT molecular complexity index is 445. The van der Waals surface area contributed by atoms with Crippen LogP contribution in [0.15, 0.2) is 0 Å². The molecule has 0 saturated carbocycles. The van der Waals surface area contributed by atoms with Gasteiger partial charge in [0.25, 0.3) is 0 Å². The molecule has 0 aromatic carbocycles. The van der Waals surface area contributed by atoms with E-state index in [-0.39, 0.29) is 17.9 Å². The highest BCUT2D eigenvalue weighted by atomic mass is 16.2. The van der Waals surface area contributed by atoms with Crippen molar-refractivity contribution in [3.05, 3.63) is 0 Å². The molecule has 0 aromatic heterocycles. The van der Waals surface area contributed by atoms with Crippen LogP contribution >= 0.6 is 0 Å². The van der Waals surface area contributed by atoms with Gasteiger partial charge in [0.05, 0.1) is 6.04 Å². The smallest absolute Gasteiger partial charge is 0.236 e. The molecule has 0 radical (unpaired) electrons. The van der Waals surface area contributed by atoms with Crippen LogP contribution in [0.4, 0.5) is 0 Å². The second kappa shape index (κ2) is 16.6. The Labute approximate surface area is 178 Å². The van der Waals surface area contributed by atoms with Gasteiger partial charge in [0, 0.05) is 25.6 Å². The van der Waals surface area contributed by atoms with Crippen molar-refractivity contribution in [2.45, 2.75) is 115 Å². The Balaban J connectivity index is 2.26. The molecule has 2 atom stereocenters. The first kappa shape index (κ1) is 25.9. The van der Waals surface area contributed by atoms with Crippen molar-refractivity contribution >= 4 is 11.8 Å². The topological polar surface area (TPSA) is 101 Å². The van der Waals surface area contributed by atoms with E-state index in [0.29, 0.717) is 25.9 Å². The summed E-state index contributed by atoms with van der Waals surface area (Å²) in [6, 6.07) is -0.364. The average molecular weight is 411 g/mol. The molecule has 1 aliphatic rings. The van der Waals surface area contributed by atoms with Gasteiger partial charge in [-0.3, -0.25) is 9.59 Å². The van der Waals surface area contributed by atoms with Gasteiger partial charge in [-0.2, -0.15) is 0 Å². The van der Waals surface area contributed by atoms with Crippen LogP contribution in [0.1, 0.15) is 103 Å². The van der Waals surface area contributed by atoms with E-state index < -0.39 is 6.04 Å². The maximum absolute atomic E-state index is 12.7. The monoisotopic (exact) mass is 410 g/mol. The molecule has 5 N–H and O–H groups in total. The second-order valence-electron chi connectivity index (χ2n) is 8.60. The van der Waals surface area contributed by atoms with Crippen molar-refractivity contribution < 1.29 is 9.59 Å². The first-order chi connectivity index (χ1) is 14.1. The zero-order chi connectivity index (χ0) is 21.3. The maximum Gasteiger partial charge on any atom is 0.236 e. The number of nitrogens with one attached hydrogen (secondary N) is 1. The van der Waals surface area contributed by atoms with Crippen LogP contribution in [0.25, 0.3) is 0 Å². The van der Waals surface area contributed by atoms with Crippen molar-refractivity contribution in [3.63, 3.8) is 0 Å². The minimum Gasteiger partial charge on any atom is -0.353 e. The number of hydrogen-bond donors (Lipinski definition) is 3. The zero-order valence-electron chi connectivity index (χ0n) is 18.8. The molecule has 170 valence electrons. The fourth-order valence-electron chi connectivity index (χ4n) is 4.08. The van der Waals surface area contributed by atoms with Gasteiger partial charge in [-0.15, -0.1) is 0 Å². The highest BCUT2D eigenvalue weighted by Crippen LogP contribution is 2.19. The number of carbonyl (C=O) groups excluding carboxylic acids is 2. The molecular weight excluding hydrogens is 364 g/mol. The minimum atomic E-state index is -0.480. The molecule has 6 heteroatoms. The lowest BCUT2D eigenvalue weighted by atomic mass is 10.0. The van der Waals surface area contributed by atoms with Gasteiger partial charge < -0.3 is 21.7 Å². The van der Waals surface area contributed by atoms with Crippen molar-refractivity contribution in [3.8, 4) is 0 Å². The van der Waals surface area contributed by atoms with Gasteiger partial charge in [-0.05, 0) is 45.1 Å². The Morgan fingerprint density at radius 2 is 1.69 bits per heavy atom. The fraction of sp³-hybridized carbons (Fsp3) is 0.913. The Hall–Kier alpha value is -1.14. The second-order valence-corrected chi connectivity index (χ2v) is 8.60. The first-order valence-electron chi connectivity index (χ1n) is 12.1. The predicted molar refractivity (Wildman–Crippen MR) is 120 cm³/mol. The summed E-state index contributed by atoms with van der Waals surface area (Å²) in [5, 5.41) is 2.98. The summed E-state index contributed by atoms with van der Waals surface area (Å²) in [7, 11) is 0. The molecule has 0 bridgehead atoms. The van der Waals surface area contributed by atoms with E-state index in [1.807, 2.05) is 4.90 Å². The number of hydrogen-bond acceptors (Lipinski definition) is 4. The third-order valence-corrected chi connectivity index (χ3v) is 6.01. The number of rotatable bonds is 16. The van der Waals surface area contributed by atoms with Crippen LogP contribution in [0, 0.1) is 0 Å². The van der Waals surface area contributed by atoms with Crippen LogP contribution in [-0.2, 0) is 9.59 Å². The quantitative estimate of drug-likeness (QED) is 0.339. The highest BCUT2D eigenvalue weighted by Gasteiger charge is 2.27. The molecule has 29 heavy (non-hydrogen) atoms. The Kier molecular flexibility index (Phi) is 14.9. The summed E-state index contributed by atoms with van der Waals surface area (Å²) in [5.74, 6) is 0.144. The number of piperidine rings is 1. The lowest BCUT2D eigenvalue weighted by molar-refractivity contribution is -0.135. The summed E-state index contributed by atoms with van der Waals surface area (Å²) in [5.41, 5.74) is 11.5. The van der Waals surface area contributed by atoms with E-state index in [2.05, 4.69) is 12.2 Å². The van der Waals surface area contributed by atoms with Crippen molar-refractivity contribution in [1.82, 2.24) is 10.2 Å². The number of carbonyl (C=O) groups is 2. The van der Waals surface area contributed by atoms with Gasteiger partial charge in [0.15, 0.2) is 0 Å². The van der Waals surface area contributed by atoms with Crippen LogP contribution in [0.3, 0.4) is 0 Å². The number of nitrogens with zero attached hydrogens (tertiary/aromatic N) is 1. The molecule has 2 amide bonds. The first-order valence-corrected chi connectivity index (χ1v) is 12.1. The van der Waals surface area contributed by atoms with Crippen molar-refractivity contribution in [2.75, 3.05) is 19.6 Å². The average Bonchev–Trinajstić information content (AvgIpc) is 2.74. The van der Waals surface area contributed by atoms with Gasteiger partial charge in [-0.25, -0.2) is 0 Å². The Morgan fingerprint density at radius 1 is 1.00 bits per heavy atom. The lowest BCUT2D eigenvalue weighted by Gasteiger charge is -2.36. The molecule has 1 aliphatic heterocycles. The Morgan fingerprint density at radius 3 is 2.38 bits per heavy atom. The standard InChI is InChI=1S/C23H46N4O2/c1-2-3-4-5-6-7-8-9-16-22(28)27-18-13-11-14-20(27)19-26-23(29)21(25)15-10-12-17-24/h20-21H,2-19,24-25H2,1H3,(H,26,29). The number of nitrogens with two attached hydrogens (primary N) is 2. The summed E-state index contributed by atoms with van der Waals surface area (Å²) >= 11 is 0. The van der Waals surface area contributed by atoms with Crippen LogP contribution in [0.5, 0.6) is 0 Å².